The molecule has 1 rings (SSSR count). The number of carbonyl (C=O) groups is 1. The summed E-state index contributed by atoms with van der Waals surface area (Å²) in [6, 6.07) is 5.82. The molecule has 0 unspecified atom stereocenters. The Morgan fingerprint density at radius 3 is 2.72 bits per heavy atom. The van der Waals surface area contributed by atoms with Gasteiger partial charge in [0.15, 0.2) is 0 Å². The second kappa shape index (κ2) is 7.21. The molecule has 0 aliphatic carbocycles. The summed E-state index contributed by atoms with van der Waals surface area (Å²) in [6.45, 7) is 6.13. The Labute approximate surface area is 116 Å². The lowest BCUT2D eigenvalue weighted by molar-refractivity contribution is -0.137. The van der Waals surface area contributed by atoms with Gasteiger partial charge in [0.2, 0.25) is 0 Å². The van der Waals surface area contributed by atoms with E-state index >= 15 is 0 Å². The summed E-state index contributed by atoms with van der Waals surface area (Å²) in [5.41, 5.74) is 2.21. The van der Waals surface area contributed by atoms with E-state index in [0.29, 0.717) is 17.7 Å². The molecule has 0 saturated carbocycles. The standard InChI is InChI=1S/C14H17BrO3/c1-4-17-14(16)8-12(9-15)18-13-7-5-6-10(2)11(13)3/h5-8H,4,9H2,1-3H3/b12-8-. The number of hydrogen-bond acceptors (Lipinski definition) is 3. The molecule has 0 N–H and O–H groups in total. The van der Waals surface area contributed by atoms with Crippen LogP contribution in [0.3, 0.4) is 0 Å². The van der Waals surface area contributed by atoms with Gasteiger partial charge in [-0.2, -0.15) is 0 Å². The van der Waals surface area contributed by atoms with Crippen LogP contribution >= 0.6 is 15.9 Å². The first-order valence-corrected chi connectivity index (χ1v) is 6.88. The molecule has 3 nitrogen and oxygen atoms in total. The second-order valence-corrected chi connectivity index (χ2v) is 4.36. The average molecular weight is 313 g/mol. The van der Waals surface area contributed by atoms with Crippen molar-refractivity contribution in [2.75, 3.05) is 11.9 Å². The minimum Gasteiger partial charge on any atom is -0.463 e. The molecule has 0 aromatic heterocycles. The van der Waals surface area contributed by atoms with Crippen molar-refractivity contribution in [1.29, 1.82) is 0 Å². The van der Waals surface area contributed by atoms with E-state index in [9.17, 15) is 4.79 Å². The van der Waals surface area contributed by atoms with E-state index in [1.54, 1.807) is 6.92 Å². The van der Waals surface area contributed by atoms with Crippen molar-refractivity contribution < 1.29 is 14.3 Å². The van der Waals surface area contributed by atoms with E-state index in [0.717, 1.165) is 16.9 Å². The van der Waals surface area contributed by atoms with Gasteiger partial charge in [-0.3, -0.25) is 0 Å². The molecule has 18 heavy (non-hydrogen) atoms. The molecular formula is C14H17BrO3. The van der Waals surface area contributed by atoms with Crippen molar-refractivity contribution in [3.63, 3.8) is 0 Å². The fraction of sp³-hybridized carbons (Fsp3) is 0.357. The smallest absolute Gasteiger partial charge is 0.334 e. The van der Waals surface area contributed by atoms with Crippen LogP contribution in [0, 0.1) is 13.8 Å². The number of aryl methyl sites for hydroxylation is 1. The normalized spacial score (nSPS) is 11.2. The van der Waals surface area contributed by atoms with Crippen molar-refractivity contribution in [3.8, 4) is 5.75 Å². The van der Waals surface area contributed by atoms with E-state index in [1.165, 1.54) is 6.08 Å². The topological polar surface area (TPSA) is 35.5 Å². The Balaban J connectivity index is 2.86. The summed E-state index contributed by atoms with van der Waals surface area (Å²) in [7, 11) is 0. The maximum absolute atomic E-state index is 11.4. The molecule has 98 valence electrons. The molecule has 0 spiro atoms. The number of ether oxygens (including phenoxy) is 2. The number of allylic oxidation sites excluding steroid dienone is 1. The van der Waals surface area contributed by atoms with Gasteiger partial charge in [-0.05, 0) is 38.0 Å². The van der Waals surface area contributed by atoms with Gasteiger partial charge in [-0.25, -0.2) is 4.79 Å². The lowest BCUT2D eigenvalue weighted by Gasteiger charge is -2.11. The van der Waals surface area contributed by atoms with Crippen LogP contribution < -0.4 is 4.74 Å². The highest BCUT2D eigenvalue weighted by atomic mass is 79.9. The SMILES string of the molecule is CCOC(=O)/C=C(/CBr)Oc1cccc(C)c1C. The van der Waals surface area contributed by atoms with Crippen LogP contribution in [0.2, 0.25) is 0 Å². The van der Waals surface area contributed by atoms with Crippen molar-refractivity contribution in [3.05, 3.63) is 41.2 Å². The first kappa shape index (κ1) is 14.8. The molecule has 0 saturated heterocycles. The Hall–Kier alpha value is -1.29. The number of rotatable bonds is 5. The number of hydrogen-bond donors (Lipinski definition) is 0. The van der Waals surface area contributed by atoms with Gasteiger partial charge >= 0.3 is 5.97 Å². The lowest BCUT2D eigenvalue weighted by Crippen LogP contribution is -2.06. The van der Waals surface area contributed by atoms with Crippen LogP contribution in [0.25, 0.3) is 0 Å². The number of carbonyl (C=O) groups excluding carboxylic acids is 1. The van der Waals surface area contributed by atoms with Gasteiger partial charge in [0.1, 0.15) is 11.5 Å². The summed E-state index contributed by atoms with van der Waals surface area (Å²) < 4.78 is 10.6. The van der Waals surface area contributed by atoms with Gasteiger partial charge in [0.25, 0.3) is 0 Å². The highest BCUT2D eigenvalue weighted by molar-refractivity contribution is 9.09. The number of esters is 1. The summed E-state index contributed by atoms with van der Waals surface area (Å²) >= 11 is 3.29. The molecule has 0 aliphatic heterocycles. The highest BCUT2D eigenvalue weighted by Gasteiger charge is 2.07. The third-order valence-electron chi connectivity index (χ3n) is 2.49. The van der Waals surface area contributed by atoms with Gasteiger partial charge in [-0.15, -0.1) is 0 Å². The van der Waals surface area contributed by atoms with Crippen LogP contribution in [0.1, 0.15) is 18.1 Å². The maximum Gasteiger partial charge on any atom is 0.334 e. The van der Waals surface area contributed by atoms with Crippen LogP contribution in [-0.2, 0) is 9.53 Å². The minimum absolute atomic E-state index is 0.356. The molecule has 0 heterocycles. The van der Waals surface area contributed by atoms with E-state index in [4.69, 9.17) is 9.47 Å². The molecule has 1 aromatic carbocycles. The summed E-state index contributed by atoms with van der Waals surface area (Å²) in [6.07, 6.45) is 1.36. The monoisotopic (exact) mass is 312 g/mol. The Morgan fingerprint density at radius 2 is 2.11 bits per heavy atom. The molecule has 0 amide bonds. The van der Waals surface area contributed by atoms with E-state index in [2.05, 4.69) is 15.9 Å². The van der Waals surface area contributed by atoms with Crippen molar-refractivity contribution in [2.24, 2.45) is 0 Å². The van der Waals surface area contributed by atoms with E-state index in [1.807, 2.05) is 32.0 Å². The minimum atomic E-state index is -0.391. The van der Waals surface area contributed by atoms with Crippen LogP contribution in [-0.4, -0.2) is 17.9 Å². The predicted octanol–water partition coefficient (Wildman–Crippen LogP) is 3.52. The summed E-state index contributed by atoms with van der Waals surface area (Å²) in [4.78, 5) is 11.4. The summed E-state index contributed by atoms with van der Waals surface area (Å²) in [5.74, 6) is 0.893. The summed E-state index contributed by atoms with van der Waals surface area (Å²) in [5, 5.41) is 0.458. The fourth-order valence-electron chi connectivity index (χ4n) is 1.39. The Morgan fingerprint density at radius 1 is 1.39 bits per heavy atom. The molecule has 4 heteroatoms. The van der Waals surface area contributed by atoms with Gasteiger partial charge in [-0.1, -0.05) is 28.1 Å². The molecule has 0 radical (unpaired) electrons. The predicted molar refractivity (Wildman–Crippen MR) is 75.1 cm³/mol. The quantitative estimate of drug-likeness (QED) is 0.361. The van der Waals surface area contributed by atoms with Crippen molar-refractivity contribution in [1.82, 2.24) is 0 Å². The zero-order chi connectivity index (χ0) is 13.5. The number of alkyl halides is 1. The Bertz CT molecular complexity index is 452. The Kier molecular flexibility index (Phi) is 5.92. The molecule has 0 fully saturated rings. The van der Waals surface area contributed by atoms with Crippen LogP contribution in [0.15, 0.2) is 30.0 Å². The largest absolute Gasteiger partial charge is 0.463 e. The molecule has 0 atom stereocenters. The first-order chi connectivity index (χ1) is 8.58. The van der Waals surface area contributed by atoms with Gasteiger partial charge < -0.3 is 9.47 Å². The zero-order valence-corrected chi connectivity index (χ0v) is 12.4. The van der Waals surface area contributed by atoms with Crippen molar-refractivity contribution >= 4 is 21.9 Å². The average Bonchev–Trinajstić information content (AvgIpc) is 2.34. The van der Waals surface area contributed by atoms with E-state index < -0.39 is 5.97 Å². The van der Waals surface area contributed by atoms with Crippen LogP contribution in [0.5, 0.6) is 5.75 Å². The lowest BCUT2D eigenvalue weighted by atomic mass is 10.1. The first-order valence-electron chi connectivity index (χ1n) is 5.75. The highest BCUT2D eigenvalue weighted by Crippen LogP contribution is 2.23. The maximum atomic E-state index is 11.4. The fourth-order valence-corrected chi connectivity index (χ4v) is 1.66. The van der Waals surface area contributed by atoms with E-state index in [-0.39, 0.29) is 0 Å². The molecular weight excluding hydrogens is 296 g/mol. The molecule has 0 bridgehead atoms. The third kappa shape index (κ3) is 4.18. The van der Waals surface area contributed by atoms with Gasteiger partial charge in [0.05, 0.1) is 18.0 Å². The second-order valence-electron chi connectivity index (χ2n) is 3.80. The van der Waals surface area contributed by atoms with Crippen LogP contribution in [0.4, 0.5) is 0 Å². The number of benzene rings is 1. The third-order valence-corrected chi connectivity index (χ3v) is 3.05. The van der Waals surface area contributed by atoms with Gasteiger partial charge in [0, 0.05) is 0 Å². The molecule has 0 aliphatic rings. The van der Waals surface area contributed by atoms with Crippen molar-refractivity contribution in [2.45, 2.75) is 20.8 Å². The number of halogens is 1. The zero-order valence-electron chi connectivity index (χ0n) is 10.8. The molecule has 1 aromatic rings.